The van der Waals surface area contributed by atoms with Gasteiger partial charge in [0.1, 0.15) is 5.82 Å². The molecular formula is C16H25ClFN3. The molecule has 0 bridgehead atoms. The van der Waals surface area contributed by atoms with Crippen molar-refractivity contribution in [3.8, 4) is 0 Å². The topological polar surface area (TPSA) is 18.5 Å². The Labute approximate surface area is 132 Å². The van der Waals surface area contributed by atoms with E-state index in [9.17, 15) is 4.39 Å². The van der Waals surface area contributed by atoms with Crippen molar-refractivity contribution in [1.82, 2.24) is 15.1 Å². The maximum Gasteiger partial charge on any atom is 0.141 e. The predicted octanol–water partition coefficient (Wildman–Crippen LogP) is 2.25. The standard InChI is InChI=1S/C16H25ClFN3/c1-19-15(10-12-5-6-14(18)13(17)9-12)16-11-20(2)7-4-8-21(16)3/h5-6,9,15-16,19H,4,7-8,10-11H2,1-3H3. The number of hydrogen-bond acceptors (Lipinski definition) is 3. The molecule has 2 rings (SSSR count). The van der Waals surface area contributed by atoms with Gasteiger partial charge in [0.15, 0.2) is 0 Å². The van der Waals surface area contributed by atoms with Crippen LogP contribution in [0.3, 0.4) is 0 Å². The van der Waals surface area contributed by atoms with Crippen molar-refractivity contribution in [1.29, 1.82) is 0 Å². The van der Waals surface area contributed by atoms with E-state index < -0.39 is 0 Å². The molecule has 1 aliphatic rings. The molecule has 1 heterocycles. The van der Waals surface area contributed by atoms with Crippen LogP contribution in [0.1, 0.15) is 12.0 Å². The quantitative estimate of drug-likeness (QED) is 0.920. The summed E-state index contributed by atoms with van der Waals surface area (Å²) in [5.41, 5.74) is 1.07. The highest BCUT2D eigenvalue weighted by Gasteiger charge is 2.27. The average Bonchev–Trinajstić information content (AvgIpc) is 2.61. The average molecular weight is 314 g/mol. The van der Waals surface area contributed by atoms with Gasteiger partial charge in [0.05, 0.1) is 5.02 Å². The SMILES string of the molecule is CNC(Cc1ccc(F)c(Cl)c1)C1CN(C)CCCN1C. The number of nitrogens with one attached hydrogen (secondary N) is 1. The highest BCUT2D eigenvalue weighted by Crippen LogP contribution is 2.19. The molecule has 0 saturated carbocycles. The van der Waals surface area contributed by atoms with Gasteiger partial charge in [0.25, 0.3) is 0 Å². The molecule has 0 radical (unpaired) electrons. The number of halogens is 2. The zero-order valence-corrected chi connectivity index (χ0v) is 13.8. The second-order valence-electron chi connectivity index (χ2n) is 6.01. The summed E-state index contributed by atoms with van der Waals surface area (Å²) in [6.07, 6.45) is 2.04. The van der Waals surface area contributed by atoms with Crippen LogP contribution in [-0.4, -0.2) is 62.7 Å². The second-order valence-corrected chi connectivity index (χ2v) is 6.42. The molecule has 1 fully saturated rings. The summed E-state index contributed by atoms with van der Waals surface area (Å²) in [6, 6.07) is 5.77. The van der Waals surface area contributed by atoms with E-state index in [4.69, 9.17) is 11.6 Å². The molecule has 1 aromatic rings. The molecule has 2 atom stereocenters. The molecule has 118 valence electrons. The van der Waals surface area contributed by atoms with Gasteiger partial charge in [0, 0.05) is 18.6 Å². The van der Waals surface area contributed by atoms with Gasteiger partial charge in [-0.2, -0.15) is 0 Å². The molecule has 1 aromatic carbocycles. The first-order valence-electron chi connectivity index (χ1n) is 7.51. The third kappa shape index (κ3) is 4.39. The molecule has 1 N–H and O–H groups in total. The van der Waals surface area contributed by atoms with Crippen LogP contribution in [-0.2, 0) is 6.42 Å². The van der Waals surface area contributed by atoms with E-state index in [-0.39, 0.29) is 10.8 Å². The third-order valence-corrected chi connectivity index (χ3v) is 4.68. The van der Waals surface area contributed by atoms with E-state index in [2.05, 4.69) is 29.2 Å². The molecule has 0 aliphatic carbocycles. The smallest absolute Gasteiger partial charge is 0.141 e. The molecule has 3 nitrogen and oxygen atoms in total. The highest BCUT2D eigenvalue weighted by molar-refractivity contribution is 6.30. The molecule has 21 heavy (non-hydrogen) atoms. The van der Waals surface area contributed by atoms with Gasteiger partial charge < -0.3 is 15.1 Å². The van der Waals surface area contributed by atoms with Gasteiger partial charge in [-0.25, -0.2) is 4.39 Å². The maximum absolute atomic E-state index is 13.3. The second kappa shape index (κ2) is 7.54. The summed E-state index contributed by atoms with van der Waals surface area (Å²) in [6.45, 7) is 3.29. The summed E-state index contributed by atoms with van der Waals surface area (Å²) in [7, 11) is 6.36. The molecule has 2 unspecified atom stereocenters. The van der Waals surface area contributed by atoms with E-state index in [0.29, 0.717) is 12.1 Å². The molecule has 5 heteroatoms. The Morgan fingerprint density at radius 2 is 2.14 bits per heavy atom. The van der Waals surface area contributed by atoms with E-state index in [0.717, 1.165) is 31.6 Å². The van der Waals surface area contributed by atoms with E-state index in [1.807, 2.05) is 13.1 Å². The number of benzene rings is 1. The van der Waals surface area contributed by atoms with Crippen molar-refractivity contribution in [2.24, 2.45) is 0 Å². The maximum atomic E-state index is 13.3. The minimum Gasteiger partial charge on any atom is -0.315 e. The van der Waals surface area contributed by atoms with Crippen molar-refractivity contribution < 1.29 is 4.39 Å². The minimum absolute atomic E-state index is 0.202. The van der Waals surface area contributed by atoms with E-state index >= 15 is 0 Å². The van der Waals surface area contributed by atoms with Crippen LogP contribution in [0, 0.1) is 5.82 Å². The summed E-state index contributed by atoms with van der Waals surface area (Å²) in [4.78, 5) is 4.81. The van der Waals surface area contributed by atoms with Crippen molar-refractivity contribution in [2.75, 3.05) is 40.8 Å². The van der Waals surface area contributed by atoms with Crippen LogP contribution in [0.25, 0.3) is 0 Å². The van der Waals surface area contributed by atoms with Gasteiger partial charge in [0.2, 0.25) is 0 Å². The lowest BCUT2D eigenvalue weighted by Crippen LogP contribution is -2.52. The Morgan fingerprint density at radius 1 is 1.38 bits per heavy atom. The van der Waals surface area contributed by atoms with Crippen LogP contribution in [0.2, 0.25) is 5.02 Å². The Bertz CT molecular complexity index is 469. The van der Waals surface area contributed by atoms with Crippen LogP contribution >= 0.6 is 11.6 Å². The lowest BCUT2D eigenvalue weighted by Gasteiger charge is -2.34. The molecule has 0 spiro atoms. The lowest BCUT2D eigenvalue weighted by molar-refractivity contribution is 0.181. The summed E-state index contributed by atoms with van der Waals surface area (Å²) in [5.74, 6) is -0.354. The molecular weight excluding hydrogens is 289 g/mol. The number of hydrogen-bond donors (Lipinski definition) is 1. The van der Waals surface area contributed by atoms with Crippen molar-refractivity contribution >= 4 is 11.6 Å². The zero-order chi connectivity index (χ0) is 15.4. The largest absolute Gasteiger partial charge is 0.315 e. The van der Waals surface area contributed by atoms with E-state index in [1.54, 1.807) is 6.07 Å². The minimum atomic E-state index is -0.354. The van der Waals surface area contributed by atoms with Gasteiger partial charge in [-0.3, -0.25) is 0 Å². The van der Waals surface area contributed by atoms with Gasteiger partial charge >= 0.3 is 0 Å². The van der Waals surface area contributed by atoms with Crippen LogP contribution in [0.4, 0.5) is 4.39 Å². The van der Waals surface area contributed by atoms with Gasteiger partial charge in [-0.05, 0) is 64.8 Å². The Balaban J connectivity index is 2.11. The summed E-state index contributed by atoms with van der Waals surface area (Å²) >= 11 is 5.89. The fraction of sp³-hybridized carbons (Fsp3) is 0.625. The van der Waals surface area contributed by atoms with E-state index in [1.165, 1.54) is 12.5 Å². The number of likely N-dealkylation sites (N-methyl/N-ethyl adjacent to an activating group) is 3. The van der Waals surface area contributed by atoms with Crippen molar-refractivity contribution in [3.05, 3.63) is 34.6 Å². The van der Waals surface area contributed by atoms with Crippen LogP contribution in [0.15, 0.2) is 18.2 Å². The van der Waals surface area contributed by atoms with Crippen molar-refractivity contribution in [2.45, 2.75) is 24.9 Å². The lowest BCUT2D eigenvalue weighted by atomic mass is 9.98. The van der Waals surface area contributed by atoms with Gasteiger partial charge in [-0.1, -0.05) is 17.7 Å². The first-order valence-corrected chi connectivity index (χ1v) is 7.89. The molecule has 1 aliphatic heterocycles. The van der Waals surface area contributed by atoms with Crippen molar-refractivity contribution in [3.63, 3.8) is 0 Å². The zero-order valence-electron chi connectivity index (χ0n) is 13.1. The summed E-state index contributed by atoms with van der Waals surface area (Å²) < 4.78 is 13.3. The Hall–Kier alpha value is -0.680. The fourth-order valence-corrected chi connectivity index (χ4v) is 3.29. The fourth-order valence-electron chi connectivity index (χ4n) is 3.09. The number of rotatable bonds is 4. The Kier molecular flexibility index (Phi) is 5.99. The molecule has 0 amide bonds. The third-order valence-electron chi connectivity index (χ3n) is 4.39. The monoisotopic (exact) mass is 313 g/mol. The first kappa shape index (κ1) is 16.7. The predicted molar refractivity (Wildman–Crippen MR) is 86.5 cm³/mol. The molecule has 0 aromatic heterocycles. The first-order chi connectivity index (χ1) is 10.0. The summed E-state index contributed by atoms with van der Waals surface area (Å²) in [5, 5.41) is 3.63. The normalized spacial score (nSPS) is 23.0. The van der Waals surface area contributed by atoms with Crippen LogP contribution in [0.5, 0.6) is 0 Å². The van der Waals surface area contributed by atoms with Crippen LogP contribution < -0.4 is 5.32 Å². The number of nitrogens with zero attached hydrogens (tertiary/aromatic N) is 2. The van der Waals surface area contributed by atoms with Gasteiger partial charge in [-0.15, -0.1) is 0 Å². The highest BCUT2D eigenvalue weighted by atomic mass is 35.5. The molecule has 1 saturated heterocycles. The Morgan fingerprint density at radius 3 is 2.81 bits per heavy atom.